The molecular weight excluding hydrogens is 202 g/mol. The van der Waals surface area contributed by atoms with E-state index < -0.39 is 0 Å². The van der Waals surface area contributed by atoms with Crippen molar-refractivity contribution in [1.82, 2.24) is 4.90 Å². The van der Waals surface area contributed by atoms with Crippen LogP contribution in [0.3, 0.4) is 0 Å². The van der Waals surface area contributed by atoms with Crippen molar-refractivity contribution in [3.8, 4) is 0 Å². The molecule has 0 radical (unpaired) electrons. The second-order valence-corrected chi connectivity index (χ2v) is 4.19. The Kier molecular flexibility index (Phi) is 3.80. The van der Waals surface area contributed by atoms with Gasteiger partial charge in [0.2, 0.25) is 0 Å². The van der Waals surface area contributed by atoms with E-state index in [9.17, 15) is 0 Å². The largest absolute Gasteiger partial charge is 0.371 e. The summed E-state index contributed by atoms with van der Waals surface area (Å²) in [6.45, 7) is 9.71. The van der Waals surface area contributed by atoms with E-state index in [1.54, 1.807) is 0 Å². The minimum Gasteiger partial charge on any atom is -0.371 e. The van der Waals surface area contributed by atoms with Gasteiger partial charge in [0, 0.05) is 18.8 Å². The van der Waals surface area contributed by atoms with E-state index in [1.807, 2.05) is 31.2 Å². The van der Waals surface area contributed by atoms with Gasteiger partial charge in [-0.25, -0.2) is 0 Å². The molecule has 2 unspecified atom stereocenters. The van der Waals surface area contributed by atoms with Crippen molar-refractivity contribution in [2.75, 3.05) is 26.3 Å². The molecule has 0 bridgehead atoms. The van der Waals surface area contributed by atoms with Crippen LogP contribution in [-0.2, 0) is 9.47 Å². The van der Waals surface area contributed by atoms with E-state index in [4.69, 9.17) is 9.47 Å². The van der Waals surface area contributed by atoms with Crippen LogP contribution in [0.15, 0.2) is 36.6 Å². The molecule has 0 saturated carbocycles. The second kappa shape index (κ2) is 5.32. The van der Waals surface area contributed by atoms with Crippen LogP contribution < -0.4 is 0 Å². The third-order valence-corrected chi connectivity index (χ3v) is 2.65. The Bertz CT molecular complexity index is 287. The molecule has 2 aliphatic rings. The predicted octanol–water partition coefficient (Wildman–Crippen LogP) is 1.73. The summed E-state index contributed by atoms with van der Waals surface area (Å²) in [6.07, 6.45) is 8.84. The maximum Gasteiger partial charge on any atom is 0.0984 e. The molecule has 2 fully saturated rings. The quantitative estimate of drug-likeness (QED) is 0.484. The molecule has 0 amide bonds. The highest BCUT2D eigenvalue weighted by Gasteiger charge is 2.30. The summed E-state index contributed by atoms with van der Waals surface area (Å²) >= 11 is 0. The van der Waals surface area contributed by atoms with Crippen molar-refractivity contribution < 1.29 is 9.47 Å². The monoisotopic (exact) mass is 221 g/mol. The van der Waals surface area contributed by atoms with Gasteiger partial charge in [-0.3, -0.25) is 0 Å². The van der Waals surface area contributed by atoms with Crippen LogP contribution in [0.1, 0.15) is 6.92 Å². The van der Waals surface area contributed by atoms with Crippen LogP contribution in [0.25, 0.3) is 0 Å². The first-order chi connectivity index (χ1) is 7.79. The summed E-state index contributed by atoms with van der Waals surface area (Å²) in [5, 5.41) is 0. The molecule has 0 aliphatic carbocycles. The van der Waals surface area contributed by atoms with Crippen molar-refractivity contribution in [3.63, 3.8) is 0 Å². The number of rotatable bonds is 7. The number of ether oxygens (including phenoxy) is 2. The van der Waals surface area contributed by atoms with Gasteiger partial charge in [0.1, 0.15) is 0 Å². The van der Waals surface area contributed by atoms with Crippen LogP contribution in [0.4, 0.5) is 0 Å². The number of epoxide rings is 2. The Morgan fingerprint density at radius 3 is 2.25 bits per heavy atom. The van der Waals surface area contributed by atoms with Crippen molar-refractivity contribution in [1.29, 1.82) is 0 Å². The van der Waals surface area contributed by atoms with E-state index >= 15 is 0 Å². The van der Waals surface area contributed by atoms with Crippen LogP contribution >= 0.6 is 0 Å². The highest BCUT2D eigenvalue weighted by Crippen LogP contribution is 2.19. The number of hydrogen-bond acceptors (Lipinski definition) is 3. The van der Waals surface area contributed by atoms with E-state index in [1.165, 1.54) is 0 Å². The maximum atomic E-state index is 5.26. The van der Waals surface area contributed by atoms with Gasteiger partial charge in [-0.1, -0.05) is 24.8 Å². The first-order valence-corrected chi connectivity index (χ1v) is 5.76. The van der Waals surface area contributed by atoms with Crippen molar-refractivity contribution in [2.24, 2.45) is 0 Å². The molecule has 3 nitrogen and oxygen atoms in total. The second-order valence-electron chi connectivity index (χ2n) is 4.19. The fourth-order valence-electron chi connectivity index (χ4n) is 1.53. The molecule has 2 aliphatic heterocycles. The fraction of sp³-hybridized carbons (Fsp3) is 0.538. The molecule has 3 heteroatoms. The van der Waals surface area contributed by atoms with Gasteiger partial charge in [-0.2, -0.15) is 0 Å². The smallest absolute Gasteiger partial charge is 0.0984 e. The summed E-state index contributed by atoms with van der Waals surface area (Å²) in [7, 11) is 0. The summed E-state index contributed by atoms with van der Waals surface area (Å²) in [6, 6.07) is 0. The van der Waals surface area contributed by atoms with E-state index in [2.05, 4.69) is 11.5 Å². The Morgan fingerprint density at radius 1 is 1.25 bits per heavy atom. The van der Waals surface area contributed by atoms with E-state index in [0.29, 0.717) is 12.2 Å². The molecule has 16 heavy (non-hydrogen) atoms. The number of allylic oxidation sites excluding steroid dienone is 4. The number of nitrogens with zero attached hydrogens (tertiary/aromatic N) is 1. The van der Waals surface area contributed by atoms with Crippen LogP contribution in [0.2, 0.25) is 0 Å². The predicted molar refractivity (Wildman–Crippen MR) is 64.1 cm³/mol. The average molecular weight is 221 g/mol. The van der Waals surface area contributed by atoms with Crippen LogP contribution in [0, 0.1) is 0 Å². The molecule has 0 aromatic rings. The van der Waals surface area contributed by atoms with Gasteiger partial charge >= 0.3 is 0 Å². The summed E-state index contributed by atoms with van der Waals surface area (Å²) in [5.41, 5.74) is 1.03. The summed E-state index contributed by atoms with van der Waals surface area (Å²) in [5.74, 6) is 0. The normalized spacial score (nSPS) is 27.6. The first kappa shape index (κ1) is 11.4. The van der Waals surface area contributed by atoms with Gasteiger partial charge in [-0.05, 0) is 13.0 Å². The van der Waals surface area contributed by atoms with Crippen molar-refractivity contribution in [3.05, 3.63) is 36.6 Å². The van der Waals surface area contributed by atoms with E-state index in [-0.39, 0.29) is 0 Å². The first-order valence-electron chi connectivity index (χ1n) is 5.76. The molecule has 0 aromatic heterocycles. The Hall–Kier alpha value is -1.06. The van der Waals surface area contributed by atoms with Gasteiger partial charge in [0.25, 0.3) is 0 Å². The van der Waals surface area contributed by atoms with E-state index in [0.717, 1.165) is 32.0 Å². The zero-order valence-corrected chi connectivity index (χ0v) is 9.76. The molecular formula is C13H19NO2. The van der Waals surface area contributed by atoms with Gasteiger partial charge in [0.15, 0.2) is 0 Å². The van der Waals surface area contributed by atoms with Crippen LogP contribution in [0.5, 0.6) is 0 Å². The molecule has 0 aromatic carbocycles. The third kappa shape index (κ3) is 3.83. The highest BCUT2D eigenvalue weighted by molar-refractivity contribution is 5.18. The highest BCUT2D eigenvalue weighted by atomic mass is 16.6. The molecule has 2 heterocycles. The Labute approximate surface area is 97.0 Å². The third-order valence-electron chi connectivity index (χ3n) is 2.65. The number of hydrogen-bond donors (Lipinski definition) is 0. The lowest BCUT2D eigenvalue weighted by Crippen LogP contribution is -2.30. The topological polar surface area (TPSA) is 28.3 Å². The maximum absolute atomic E-state index is 5.26. The molecule has 0 N–H and O–H groups in total. The molecule has 2 atom stereocenters. The van der Waals surface area contributed by atoms with Gasteiger partial charge < -0.3 is 14.4 Å². The van der Waals surface area contributed by atoms with Crippen LogP contribution in [-0.4, -0.2) is 43.4 Å². The zero-order valence-electron chi connectivity index (χ0n) is 9.76. The van der Waals surface area contributed by atoms with Crippen molar-refractivity contribution in [2.45, 2.75) is 19.1 Å². The Morgan fingerprint density at radius 2 is 1.81 bits per heavy atom. The van der Waals surface area contributed by atoms with Crippen molar-refractivity contribution >= 4 is 0 Å². The lowest BCUT2D eigenvalue weighted by molar-refractivity contribution is 0.268. The standard InChI is InChI=1S/C13H19NO2/c1-3-4-5-6-11(2)14(7-12-9-15-12)8-13-10-16-13/h3-6,12-13H,2,7-10H2,1H3/b4-3-,6-5-. The average Bonchev–Trinajstić information content (AvgIpc) is 3.11. The molecule has 2 rings (SSSR count). The zero-order chi connectivity index (χ0) is 11.4. The van der Waals surface area contributed by atoms with Gasteiger partial charge in [-0.15, -0.1) is 0 Å². The minimum absolute atomic E-state index is 0.394. The molecule has 88 valence electrons. The molecule has 2 saturated heterocycles. The summed E-state index contributed by atoms with van der Waals surface area (Å²) < 4.78 is 10.5. The fourth-order valence-corrected chi connectivity index (χ4v) is 1.53. The lowest BCUT2D eigenvalue weighted by atomic mass is 10.3. The lowest BCUT2D eigenvalue weighted by Gasteiger charge is -2.23. The Balaban J connectivity index is 1.84. The van der Waals surface area contributed by atoms with Gasteiger partial charge in [0.05, 0.1) is 25.4 Å². The minimum atomic E-state index is 0.394. The molecule has 0 spiro atoms. The SMILES string of the molecule is C=C(/C=C\C=C/C)N(CC1CO1)CC1CO1. The summed E-state index contributed by atoms with van der Waals surface area (Å²) in [4.78, 5) is 2.25.